The van der Waals surface area contributed by atoms with Gasteiger partial charge in [-0.3, -0.25) is 0 Å². The first-order valence-corrected chi connectivity index (χ1v) is 9.02. The van der Waals surface area contributed by atoms with Crippen molar-refractivity contribution in [1.29, 1.82) is 0 Å². The average Bonchev–Trinajstić information content (AvgIpc) is 3.19. The summed E-state index contributed by atoms with van der Waals surface area (Å²) >= 11 is 0. The molecule has 146 valence electrons. The Hall–Kier alpha value is -3.26. The van der Waals surface area contributed by atoms with E-state index in [1.165, 1.54) is 4.80 Å². The number of aromatic nitrogens is 4. The first-order valence-electron chi connectivity index (χ1n) is 9.02. The summed E-state index contributed by atoms with van der Waals surface area (Å²) in [5.74, 6) is 0.765. The third-order valence-corrected chi connectivity index (χ3v) is 3.93. The van der Waals surface area contributed by atoms with E-state index < -0.39 is 12.1 Å². The molecule has 28 heavy (non-hydrogen) atoms. The number of aliphatic hydroxyl groups excluding tert-OH is 1. The maximum Gasteiger partial charge on any atom is 0.338 e. The number of rotatable bonds is 9. The highest BCUT2D eigenvalue weighted by atomic mass is 16.5. The van der Waals surface area contributed by atoms with E-state index in [1.807, 2.05) is 37.3 Å². The maximum absolute atomic E-state index is 12.1. The molecule has 0 aliphatic heterocycles. The molecule has 0 aliphatic carbocycles. The van der Waals surface area contributed by atoms with Crippen LogP contribution in [0.1, 0.15) is 28.7 Å². The van der Waals surface area contributed by atoms with Gasteiger partial charge in [-0.1, -0.05) is 37.3 Å². The number of benzene rings is 2. The van der Waals surface area contributed by atoms with E-state index in [1.54, 1.807) is 24.3 Å². The molecular formula is C20H22N4O4. The van der Waals surface area contributed by atoms with Crippen LogP contribution in [0.4, 0.5) is 0 Å². The Labute approximate surface area is 162 Å². The Morgan fingerprint density at radius 2 is 1.89 bits per heavy atom. The molecule has 1 atom stereocenters. The van der Waals surface area contributed by atoms with Crippen molar-refractivity contribution < 1.29 is 19.4 Å². The van der Waals surface area contributed by atoms with Crippen LogP contribution in [0, 0.1) is 0 Å². The van der Waals surface area contributed by atoms with Gasteiger partial charge in [0.15, 0.2) is 5.82 Å². The van der Waals surface area contributed by atoms with Crippen LogP contribution in [0.15, 0.2) is 54.6 Å². The van der Waals surface area contributed by atoms with Crippen molar-refractivity contribution in [3.63, 3.8) is 0 Å². The maximum atomic E-state index is 12.1. The number of esters is 1. The van der Waals surface area contributed by atoms with Gasteiger partial charge in [0.1, 0.15) is 25.1 Å². The summed E-state index contributed by atoms with van der Waals surface area (Å²) < 4.78 is 10.8. The molecular weight excluding hydrogens is 360 g/mol. The zero-order valence-corrected chi connectivity index (χ0v) is 15.6. The van der Waals surface area contributed by atoms with E-state index in [0.717, 1.165) is 5.56 Å². The van der Waals surface area contributed by atoms with Crippen LogP contribution in [-0.2, 0) is 24.3 Å². The molecule has 8 heteroatoms. The zero-order chi connectivity index (χ0) is 19.8. The van der Waals surface area contributed by atoms with Crippen LogP contribution in [0.25, 0.3) is 0 Å². The standard InChI is InChI=1S/C20H22N4O4/c1-2-19-21-23-24(22-19)12-17(25)14-27-18-10-8-16(9-11-18)20(26)28-13-15-6-4-3-5-7-15/h3-11,17,25H,2,12-14H2,1H3/t17-/m1/s1. The molecule has 0 radical (unpaired) electrons. The van der Waals surface area contributed by atoms with Gasteiger partial charge in [-0.15, -0.1) is 10.2 Å². The van der Waals surface area contributed by atoms with E-state index in [2.05, 4.69) is 15.4 Å². The highest BCUT2D eigenvalue weighted by Gasteiger charge is 2.11. The second-order valence-corrected chi connectivity index (χ2v) is 6.17. The predicted molar refractivity (Wildman–Crippen MR) is 101 cm³/mol. The lowest BCUT2D eigenvalue weighted by atomic mass is 10.2. The number of carbonyl (C=O) groups is 1. The van der Waals surface area contributed by atoms with Crippen LogP contribution >= 0.6 is 0 Å². The van der Waals surface area contributed by atoms with Gasteiger partial charge in [0.05, 0.1) is 12.1 Å². The van der Waals surface area contributed by atoms with Crippen LogP contribution in [0.2, 0.25) is 0 Å². The number of tetrazole rings is 1. The minimum absolute atomic E-state index is 0.0702. The van der Waals surface area contributed by atoms with E-state index in [0.29, 0.717) is 23.6 Å². The molecule has 0 bridgehead atoms. The van der Waals surface area contributed by atoms with Crippen LogP contribution in [-0.4, -0.2) is 44.0 Å². The first kappa shape index (κ1) is 19.5. The average molecular weight is 382 g/mol. The van der Waals surface area contributed by atoms with E-state index in [9.17, 15) is 9.90 Å². The van der Waals surface area contributed by atoms with E-state index in [4.69, 9.17) is 9.47 Å². The van der Waals surface area contributed by atoms with Crippen molar-refractivity contribution in [1.82, 2.24) is 20.2 Å². The van der Waals surface area contributed by atoms with Crippen molar-refractivity contribution in [3.05, 3.63) is 71.5 Å². The number of hydrogen-bond acceptors (Lipinski definition) is 7. The van der Waals surface area contributed by atoms with Gasteiger partial charge >= 0.3 is 5.97 Å². The predicted octanol–water partition coefficient (Wildman–Crippen LogP) is 2.03. The van der Waals surface area contributed by atoms with Crippen molar-refractivity contribution in [2.24, 2.45) is 0 Å². The summed E-state index contributed by atoms with van der Waals surface area (Å²) in [6, 6.07) is 16.1. The number of ether oxygens (including phenoxy) is 2. The van der Waals surface area contributed by atoms with Crippen LogP contribution < -0.4 is 4.74 Å². The minimum atomic E-state index is -0.783. The quantitative estimate of drug-likeness (QED) is 0.565. The molecule has 0 saturated heterocycles. The molecule has 0 aliphatic rings. The summed E-state index contributed by atoms with van der Waals surface area (Å²) in [6.07, 6.45) is -0.0957. The first-order chi connectivity index (χ1) is 13.6. The van der Waals surface area contributed by atoms with Gasteiger partial charge in [-0.05, 0) is 35.0 Å². The van der Waals surface area contributed by atoms with Gasteiger partial charge in [-0.25, -0.2) is 4.79 Å². The Morgan fingerprint density at radius 1 is 1.14 bits per heavy atom. The van der Waals surface area contributed by atoms with Crippen molar-refractivity contribution in [2.75, 3.05) is 6.61 Å². The second kappa shape index (κ2) is 9.61. The summed E-state index contributed by atoms with van der Waals surface area (Å²) in [4.78, 5) is 13.4. The molecule has 0 amide bonds. The number of carbonyl (C=O) groups excluding carboxylic acids is 1. The fourth-order valence-electron chi connectivity index (χ4n) is 2.42. The summed E-state index contributed by atoms with van der Waals surface area (Å²) in [6.45, 7) is 2.42. The number of aliphatic hydroxyl groups is 1. The summed E-state index contributed by atoms with van der Waals surface area (Å²) in [5, 5.41) is 21.9. The zero-order valence-electron chi connectivity index (χ0n) is 15.6. The van der Waals surface area contributed by atoms with E-state index in [-0.39, 0.29) is 19.8 Å². The molecule has 0 unspecified atom stereocenters. The molecule has 1 N–H and O–H groups in total. The Balaban J connectivity index is 1.45. The fraction of sp³-hybridized carbons (Fsp3) is 0.300. The SMILES string of the molecule is CCc1nnn(C[C@@H](O)COc2ccc(C(=O)OCc3ccccc3)cc2)n1. The van der Waals surface area contributed by atoms with E-state index >= 15 is 0 Å². The Bertz CT molecular complexity index is 881. The molecule has 0 spiro atoms. The van der Waals surface area contributed by atoms with Crippen molar-refractivity contribution >= 4 is 5.97 Å². The minimum Gasteiger partial charge on any atom is -0.491 e. The molecule has 3 rings (SSSR count). The highest BCUT2D eigenvalue weighted by molar-refractivity contribution is 5.89. The van der Waals surface area contributed by atoms with Gasteiger partial charge in [0.2, 0.25) is 0 Å². The Morgan fingerprint density at radius 3 is 2.57 bits per heavy atom. The van der Waals surface area contributed by atoms with Gasteiger partial charge in [-0.2, -0.15) is 4.80 Å². The molecule has 8 nitrogen and oxygen atoms in total. The molecule has 0 fully saturated rings. The molecule has 2 aromatic carbocycles. The number of hydrogen-bond donors (Lipinski definition) is 1. The lowest BCUT2D eigenvalue weighted by Crippen LogP contribution is -2.25. The normalized spacial score (nSPS) is 11.8. The van der Waals surface area contributed by atoms with Crippen LogP contribution in [0.5, 0.6) is 5.75 Å². The summed E-state index contributed by atoms with van der Waals surface area (Å²) in [7, 11) is 0. The number of nitrogens with zero attached hydrogens (tertiary/aromatic N) is 4. The van der Waals surface area contributed by atoms with Gasteiger partial charge in [0.25, 0.3) is 0 Å². The monoisotopic (exact) mass is 382 g/mol. The molecule has 3 aromatic rings. The smallest absolute Gasteiger partial charge is 0.338 e. The van der Waals surface area contributed by atoms with Crippen molar-refractivity contribution in [3.8, 4) is 5.75 Å². The van der Waals surface area contributed by atoms with Crippen LogP contribution in [0.3, 0.4) is 0 Å². The third kappa shape index (κ3) is 5.62. The highest BCUT2D eigenvalue weighted by Crippen LogP contribution is 2.14. The van der Waals surface area contributed by atoms with Crippen molar-refractivity contribution in [2.45, 2.75) is 32.6 Å². The largest absolute Gasteiger partial charge is 0.491 e. The van der Waals surface area contributed by atoms with Gasteiger partial charge in [0, 0.05) is 6.42 Å². The number of aryl methyl sites for hydroxylation is 1. The summed E-state index contributed by atoms with van der Waals surface area (Å²) in [5.41, 5.74) is 1.36. The topological polar surface area (TPSA) is 99.4 Å². The fourth-order valence-corrected chi connectivity index (χ4v) is 2.42. The lowest BCUT2D eigenvalue weighted by Gasteiger charge is -2.12. The Kier molecular flexibility index (Phi) is 6.69. The molecule has 1 heterocycles. The van der Waals surface area contributed by atoms with Gasteiger partial charge < -0.3 is 14.6 Å². The molecule has 1 aromatic heterocycles. The second-order valence-electron chi connectivity index (χ2n) is 6.17. The molecule has 0 saturated carbocycles. The third-order valence-electron chi connectivity index (χ3n) is 3.93. The lowest BCUT2D eigenvalue weighted by molar-refractivity contribution is 0.0472.